The Morgan fingerprint density at radius 1 is 1.40 bits per heavy atom. The minimum absolute atomic E-state index is 0.128. The maximum atomic E-state index is 12.0. The van der Waals surface area contributed by atoms with Gasteiger partial charge in [0.25, 0.3) is 0 Å². The first-order chi connectivity index (χ1) is 9.66. The monoisotopic (exact) mass is 271 g/mol. The van der Waals surface area contributed by atoms with Crippen molar-refractivity contribution in [3.63, 3.8) is 0 Å². The molecule has 1 aliphatic carbocycles. The minimum Gasteiger partial charge on any atom is -0.340 e. The van der Waals surface area contributed by atoms with Gasteiger partial charge in [0, 0.05) is 12.0 Å². The molecule has 6 heteroatoms. The fraction of sp³-hybridized carbons (Fsp3) is 0.429. The highest BCUT2D eigenvalue weighted by Crippen LogP contribution is 2.21. The van der Waals surface area contributed by atoms with Gasteiger partial charge in [-0.15, -0.1) is 0 Å². The second-order valence-corrected chi connectivity index (χ2v) is 5.28. The lowest BCUT2D eigenvalue weighted by Crippen LogP contribution is -2.27. The number of aromatic nitrogens is 4. The van der Waals surface area contributed by atoms with E-state index in [1.807, 2.05) is 18.4 Å². The summed E-state index contributed by atoms with van der Waals surface area (Å²) in [6, 6.07) is 0.272. The van der Waals surface area contributed by atoms with Crippen molar-refractivity contribution >= 4 is 17.1 Å². The van der Waals surface area contributed by atoms with Crippen molar-refractivity contribution in [3.05, 3.63) is 30.3 Å². The van der Waals surface area contributed by atoms with Gasteiger partial charge in [-0.1, -0.05) is 26.0 Å². The number of rotatable bonds is 2. The van der Waals surface area contributed by atoms with E-state index in [0.29, 0.717) is 16.7 Å². The zero-order valence-corrected chi connectivity index (χ0v) is 11.6. The van der Waals surface area contributed by atoms with Crippen LogP contribution in [0.4, 0.5) is 0 Å². The lowest BCUT2D eigenvalue weighted by molar-refractivity contribution is -0.120. The van der Waals surface area contributed by atoms with Crippen LogP contribution >= 0.6 is 0 Å². The van der Waals surface area contributed by atoms with Crippen LogP contribution in [0.1, 0.15) is 32.7 Å². The zero-order chi connectivity index (χ0) is 14.1. The van der Waals surface area contributed by atoms with Crippen LogP contribution in [0.25, 0.3) is 11.2 Å². The number of allylic oxidation sites excluding steroid dienone is 2. The van der Waals surface area contributed by atoms with Crippen LogP contribution in [-0.4, -0.2) is 25.4 Å². The summed E-state index contributed by atoms with van der Waals surface area (Å²) in [5, 5.41) is 0. The topological polar surface area (TPSA) is 75.9 Å². The molecule has 2 heterocycles. The summed E-state index contributed by atoms with van der Waals surface area (Å²) in [7, 11) is 0. The maximum absolute atomic E-state index is 12.0. The minimum atomic E-state index is -0.133. The fourth-order valence-corrected chi connectivity index (χ4v) is 2.29. The Morgan fingerprint density at radius 2 is 2.15 bits per heavy atom. The molecule has 0 spiro atoms. The molecule has 6 nitrogen and oxygen atoms in total. The number of carbonyl (C=O) groups is 1. The number of fused-ring (bicyclic) bond motifs is 1. The van der Waals surface area contributed by atoms with Gasteiger partial charge < -0.3 is 9.55 Å². The number of carbonyl (C=O) groups excluding carboxylic acids is 1. The molecule has 2 aromatic rings. The third kappa shape index (κ3) is 2.17. The molecule has 0 unspecified atom stereocenters. The fourth-order valence-electron chi connectivity index (χ4n) is 2.29. The molecule has 0 aromatic carbocycles. The van der Waals surface area contributed by atoms with E-state index in [2.05, 4.69) is 32.1 Å². The molecule has 0 aliphatic heterocycles. The number of hydrogen-bond acceptors (Lipinski definition) is 3. The van der Waals surface area contributed by atoms with Crippen LogP contribution in [0.5, 0.6) is 0 Å². The molecule has 0 saturated carbocycles. The average molecular weight is 271 g/mol. The smallest absolute Gasteiger partial charge is 0.250 e. The van der Waals surface area contributed by atoms with Crippen molar-refractivity contribution in [2.45, 2.75) is 32.7 Å². The number of amides is 1. The summed E-state index contributed by atoms with van der Waals surface area (Å²) in [6.45, 7) is 3.69. The summed E-state index contributed by atoms with van der Waals surface area (Å²) in [6.07, 6.45) is 9.46. The number of nitrogens with zero attached hydrogens (tertiary/aromatic N) is 4. The van der Waals surface area contributed by atoms with E-state index in [1.165, 1.54) is 0 Å². The summed E-state index contributed by atoms with van der Waals surface area (Å²) in [5.41, 5.74) is 1.93. The summed E-state index contributed by atoms with van der Waals surface area (Å²) < 4.78 is 1.97. The van der Waals surface area contributed by atoms with Crippen molar-refractivity contribution in [3.8, 4) is 0 Å². The van der Waals surface area contributed by atoms with Crippen molar-refractivity contribution in [2.75, 3.05) is 0 Å². The van der Waals surface area contributed by atoms with E-state index >= 15 is 0 Å². The Labute approximate surface area is 116 Å². The highest BCUT2D eigenvalue weighted by molar-refractivity contribution is 5.80. The quantitative estimate of drug-likeness (QED) is 0.845. The Morgan fingerprint density at radius 3 is 2.85 bits per heavy atom. The first-order valence-electron chi connectivity index (χ1n) is 6.80. The van der Waals surface area contributed by atoms with E-state index < -0.39 is 0 Å². The molecular weight excluding hydrogens is 254 g/mol. The first kappa shape index (κ1) is 12.8. The lowest BCUT2D eigenvalue weighted by atomic mass is 10.2. The van der Waals surface area contributed by atoms with E-state index in [-0.39, 0.29) is 17.9 Å². The molecule has 0 atom stereocenters. The average Bonchev–Trinajstić information content (AvgIpc) is 3.09. The lowest BCUT2D eigenvalue weighted by Gasteiger charge is -2.14. The van der Waals surface area contributed by atoms with Crippen LogP contribution in [0.2, 0.25) is 0 Å². The van der Waals surface area contributed by atoms with Crippen molar-refractivity contribution in [1.82, 2.24) is 19.5 Å². The Bertz CT molecular complexity index is 729. The van der Waals surface area contributed by atoms with E-state index in [9.17, 15) is 4.79 Å². The predicted octanol–water partition coefficient (Wildman–Crippen LogP) is 1.73. The highest BCUT2D eigenvalue weighted by Gasteiger charge is 2.16. The van der Waals surface area contributed by atoms with E-state index in [0.717, 1.165) is 12.8 Å². The molecule has 2 aromatic heterocycles. The SMILES string of the molecule is CC(C)C(=O)N=c1c2[nH]cnc2ncn1C1CC=CC1. The Balaban J connectivity index is 2.21. The third-order valence-electron chi connectivity index (χ3n) is 3.48. The second kappa shape index (κ2) is 5.03. The van der Waals surface area contributed by atoms with Crippen molar-refractivity contribution < 1.29 is 4.79 Å². The molecule has 1 amide bonds. The number of H-pyrrole nitrogens is 1. The van der Waals surface area contributed by atoms with Gasteiger partial charge in [0.15, 0.2) is 11.1 Å². The Hall–Kier alpha value is -2.24. The molecule has 0 saturated heterocycles. The maximum Gasteiger partial charge on any atom is 0.250 e. The molecule has 104 valence electrons. The van der Waals surface area contributed by atoms with E-state index in [1.54, 1.807) is 12.7 Å². The van der Waals surface area contributed by atoms with Crippen LogP contribution in [0, 0.1) is 5.92 Å². The second-order valence-electron chi connectivity index (χ2n) is 5.28. The van der Waals surface area contributed by atoms with Crippen LogP contribution < -0.4 is 5.49 Å². The highest BCUT2D eigenvalue weighted by atomic mass is 16.1. The van der Waals surface area contributed by atoms with Crippen molar-refractivity contribution in [2.24, 2.45) is 10.9 Å². The normalized spacial score (nSPS) is 16.6. The molecular formula is C14H17N5O. The first-order valence-corrected chi connectivity index (χ1v) is 6.80. The predicted molar refractivity (Wildman–Crippen MR) is 74.7 cm³/mol. The number of imidazole rings is 1. The van der Waals surface area contributed by atoms with Gasteiger partial charge in [-0.2, -0.15) is 4.99 Å². The number of aromatic amines is 1. The molecule has 1 N–H and O–H groups in total. The summed E-state index contributed by atoms with van der Waals surface area (Å²) >= 11 is 0. The molecule has 0 radical (unpaired) electrons. The van der Waals surface area contributed by atoms with Gasteiger partial charge in [0.2, 0.25) is 5.91 Å². The van der Waals surface area contributed by atoms with Crippen LogP contribution in [-0.2, 0) is 4.79 Å². The van der Waals surface area contributed by atoms with Gasteiger partial charge in [-0.05, 0) is 12.8 Å². The largest absolute Gasteiger partial charge is 0.340 e. The van der Waals surface area contributed by atoms with Gasteiger partial charge in [-0.3, -0.25) is 4.79 Å². The molecule has 20 heavy (non-hydrogen) atoms. The Kier molecular flexibility index (Phi) is 3.22. The number of hydrogen-bond donors (Lipinski definition) is 1. The van der Waals surface area contributed by atoms with E-state index in [4.69, 9.17) is 0 Å². The van der Waals surface area contributed by atoms with Gasteiger partial charge in [0.1, 0.15) is 5.52 Å². The van der Waals surface area contributed by atoms with Crippen LogP contribution in [0.15, 0.2) is 29.8 Å². The van der Waals surface area contributed by atoms with Crippen molar-refractivity contribution in [1.29, 1.82) is 0 Å². The number of nitrogens with one attached hydrogen (secondary N) is 1. The zero-order valence-electron chi connectivity index (χ0n) is 11.6. The van der Waals surface area contributed by atoms with Gasteiger partial charge in [-0.25, -0.2) is 9.97 Å². The van der Waals surface area contributed by atoms with Gasteiger partial charge >= 0.3 is 0 Å². The molecule has 3 rings (SSSR count). The standard InChI is InChI=1S/C14H17N5O/c1-9(2)14(20)18-13-11-12(16-7-15-11)17-8-19(13)10-5-3-4-6-10/h3-4,7-10H,5-6H2,1-2H3,(H,15,16). The van der Waals surface area contributed by atoms with Crippen LogP contribution in [0.3, 0.4) is 0 Å². The summed E-state index contributed by atoms with van der Waals surface area (Å²) in [4.78, 5) is 27.8. The molecule has 1 aliphatic rings. The molecule has 0 fully saturated rings. The third-order valence-corrected chi connectivity index (χ3v) is 3.48. The summed E-state index contributed by atoms with van der Waals surface area (Å²) in [5.74, 6) is -0.261. The molecule has 0 bridgehead atoms. The van der Waals surface area contributed by atoms with Gasteiger partial charge in [0.05, 0.1) is 12.7 Å².